The fourth-order valence-electron chi connectivity index (χ4n) is 1.82. The van der Waals surface area contributed by atoms with Gasteiger partial charge in [-0.05, 0) is 19.1 Å². The van der Waals surface area contributed by atoms with Crippen molar-refractivity contribution in [3.8, 4) is 11.5 Å². The van der Waals surface area contributed by atoms with E-state index < -0.39 is 6.61 Å². The maximum absolute atomic E-state index is 12.3. The van der Waals surface area contributed by atoms with Crippen LogP contribution in [0.5, 0.6) is 11.5 Å². The molecule has 0 aliphatic carbocycles. The second-order valence-corrected chi connectivity index (χ2v) is 4.81. The van der Waals surface area contributed by atoms with Gasteiger partial charge in [-0.3, -0.25) is 9.48 Å². The Balaban J connectivity index is 2.06. The highest BCUT2D eigenvalue weighted by atomic mass is 35.5. The number of anilines is 1. The molecule has 23 heavy (non-hydrogen) atoms. The van der Waals surface area contributed by atoms with Gasteiger partial charge in [0, 0.05) is 18.0 Å². The van der Waals surface area contributed by atoms with Gasteiger partial charge in [-0.15, -0.1) is 0 Å². The Morgan fingerprint density at radius 2 is 2.22 bits per heavy atom. The van der Waals surface area contributed by atoms with E-state index in [1.165, 1.54) is 35.3 Å². The first-order chi connectivity index (χ1) is 11.0. The first kappa shape index (κ1) is 17.0. The van der Waals surface area contributed by atoms with Gasteiger partial charge in [0.05, 0.1) is 17.8 Å². The second kappa shape index (κ2) is 7.77. The summed E-state index contributed by atoms with van der Waals surface area (Å²) < 4.78 is 35.6. The molecule has 124 valence electrons. The molecule has 0 radical (unpaired) electrons. The Labute approximate surface area is 135 Å². The van der Waals surface area contributed by atoms with Crippen LogP contribution in [0.15, 0.2) is 30.6 Å². The molecule has 0 aliphatic heterocycles. The summed E-state index contributed by atoms with van der Waals surface area (Å²) in [6.07, 6.45) is 2.92. The Hall–Kier alpha value is -2.35. The minimum Gasteiger partial charge on any atom is -0.490 e. The highest BCUT2D eigenvalue weighted by molar-refractivity contribution is 6.30. The SMILES string of the molecule is CCOc1cc(NC(=O)Cn2cc(Cl)cn2)ccc1OC(F)F. The number of alkyl halides is 2. The molecule has 0 aliphatic rings. The highest BCUT2D eigenvalue weighted by Gasteiger charge is 2.13. The molecule has 0 fully saturated rings. The average molecular weight is 346 g/mol. The fraction of sp³-hybridized carbons (Fsp3) is 0.286. The van der Waals surface area contributed by atoms with E-state index in [0.717, 1.165) is 0 Å². The molecular weight excluding hydrogens is 332 g/mol. The van der Waals surface area contributed by atoms with Crippen molar-refractivity contribution in [3.63, 3.8) is 0 Å². The number of carbonyl (C=O) groups is 1. The van der Waals surface area contributed by atoms with Crippen LogP contribution in [0.2, 0.25) is 5.02 Å². The van der Waals surface area contributed by atoms with Gasteiger partial charge >= 0.3 is 6.61 Å². The van der Waals surface area contributed by atoms with Crippen LogP contribution in [0, 0.1) is 0 Å². The lowest BCUT2D eigenvalue weighted by Crippen LogP contribution is -2.19. The van der Waals surface area contributed by atoms with Crippen molar-refractivity contribution in [2.24, 2.45) is 0 Å². The van der Waals surface area contributed by atoms with Gasteiger partial charge in [0.15, 0.2) is 11.5 Å². The number of nitrogens with one attached hydrogen (secondary N) is 1. The van der Waals surface area contributed by atoms with Crippen molar-refractivity contribution in [2.45, 2.75) is 20.1 Å². The zero-order valence-electron chi connectivity index (χ0n) is 12.1. The standard InChI is InChI=1S/C14H14ClF2N3O3/c1-2-22-12-5-10(3-4-11(12)23-14(16)17)19-13(21)8-20-7-9(15)6-18-20/h3-7,14H,2,8H2,1H3,(H,19,21). The van der Waals surface area contributed by atoms with Gasteiger partial charge in [-0.2, -0.15) is 13.9 Å². The highest BCUT2D eigenvalue weighted by Crippen LogP contribution is 2.31. The minimum absolute atomic E-state index is 0.0357. The summed E-state index contributed by atoms with van der Waals surface area (Å²) in [7, 11) is 0. The van der Waals surface area contributed by atoms with E-state index in [1.54, 1.807) is 6.92 Å². The monoisotopic (exact) mass is 345 g/mol. The quantitative estimate of drug-likeness (QED) is 0.837. The molecule has 1 aromatic heterocycles. The molecule has 0 saturated carbocycles. The van der Waals surface area contributed by atoms with Gasteiger partial charge < -0.3 is 14.8 Å². The van der Waals surface area contributed by atoms with Crippen LogP contribution < -0.4 is 14.8 Å². The first-order valence-corrected chi connectivity index (χ1v) is 7.05. The average Bonchev–Trinajstić information content (AvgIpc) is 2.86. The van der Waals surface area contributed by atoms with Crippen LogP contribution in [0.25, 0.3) is 0 Å². The third-order valence-electron chi connectivity index (χ3n) is 2.65. The summed E-state index contributed by atoms with van der Waals surface area (Å²) in [5.74, 6) is -0.332. The van der Waals surface area contributed by atoms with Gasteiger partial charge in [0.25, 0.3) is 0 Å². The molecule has 6 nitrogen and oxygen atoms in total. The normalized spacial score (nSPS) is 10.7. The van der Waals surface area contributed by atoms with Crippen LogP contribution in [0.3, 0.4) is 0 Å². The van der Waals surface area contributed by atoms with Gasteiger partial charge in [-0.1, -0.05) is 11.6 Å². The molecule has 1 N–H and O–H groups in total. The Morgan fingerprint density at radius 1 is 1.43 bits per heavy atom. The number of amides is 1. The van der Waals surface area contributed by atoms with Crippen LogP contribution in [0.4, 0.5) is 14.5 Å². The molecule has 0 saturated heterocycles. The number of nitrogens with zero attached hydrogens (tertiary/aromatic N) is 2. The summed E-state index contributed by atoms with van der Waals surface area (Å²) in [4.78, 5) is 11.9. The van der Waals surface area contributed by atoms with Crippen LogP contribution in [-0.2, 0) is 11.3 Å². The van der Waals surface area contributed by atoms with Crippen LogP contribution in [-0.4, -0.2) is 28.9 Å². The Kier molecular flexibility index (Phi) is 5.75. The molecule has 0 bridgehead atoms. The molecule has 2 rings (SSSR count). The number of carbonyl (C=O) groups excluding carboxylic acids is 1. The van der Waals surface area contributed by atoms with Crippen molar-refractivity contribution in [1.29, 1.82) is 0 Å². The first-order valence-electron chi connectivity index (χ1n) is 6.67. The number of halogens is 3. The smallest absolute Gasteiger partial charge is 0.387 e. The third kappa shape index (κ3) is 5.10. The maximum Gasteiger partial charge on any atom is 0.387 e. The Morgan fingerprint density at radius 3 is 2.83 bits per heavy atom. The van der Waals surface area contributed by atoms with Gasteiger partial charge in [0.2, 0.25) is 5.91 Å². The number of benzene rings is 1. The van der Waals surface area contributed by atoms with Gasteiger partial charge in [0.1, 0.15) is 6.54 Å². The van der Waals surface area contributed by atoms with Crippen molar-refractivity contribution < 1.29 is 23.0 Å². The van der Waals surface area contributed by atoms with Crippen LogP contribution >= 0.6 is 11.6 Å². The van der Waals surface area contributed by atoms with E-state index in [0.29, 0.717) is 10.7 Å². The van der Waals surface area contributed by atoms with E-state index in [-0.39, 0.29) is 30.6 Å². The van der Waals surface area contributed by atoms with E-state index >= 15 is 0 Å². The fourth-order valence-corrected chi connectivity index (χ4v) is 1.98. The summed E-state index contributed by atoms with van der Waals surface area (Å²) in [5, 5.41) is 6.92. The zero-order valence-corrected chi connectivity index (χ0v) is 12.9. The van der Waals surface area contributed by atoms with E-state index in [2.05, 4.69) is 15.2 Å². The van der Waals surface area contributed by atoms with Crippen molar-refractivity contribution in [3.05, 3.63) is 35.6 Å². The second-order valence-electron chi connectivity index (χ2n) is 4.38. The number of hydrogen-bond acceptors (Lipinski definition) is 4. The molecule has 1 amide bonds. The molecular formula is C14H14ClF2N3O3. The summed E-state index contributed by atoms with van der Waals surface area (Å²) in [5.41, 5.74) is 0.387. The van der Waals surface area contributed by atoms with E-state index in [4.69, 9.17) is 16.3 Å². The third-order valence-corrected chi connectivity index (χ3v) is 2.85. The number of rotatable bonds is 7. The largest absolute Gasteiger partial charge is 0.490 e. The number of ether oxygens (including phenoxy) is 2. The number of hydrogen-bond donors (Lipinski definition) is 1. The minimum atomic E-state index is -2.96. The zero-order chi connectivity index (χ0) is 16.8. The summed E-state index contributed by atoms with van der Waals surface area (Å²) in [6.45, 7) is -1.02. The molecule has 1 heterocycles. The molecule has 0 spiro atoms. The molecule has 0 atom stereocenters. The lowest BCUT2D eigenvalue weighted by molar-refractivity contribution is -0.116. The van der Waals surface area contributed by atoms with Crippen LogP contribution in [0.1, 0.15) is 6.92 Å². The Bertz CT molecular complexity index is 679. The van der Waals surface area contributed by atoms with Crippen molar-refractivity contribution >= 4 is 23.2 Å². The lowest BCUT2D eigenvalue weighted by Gasteiger charge is -2.13. The molecule has 0 unspecified atom stereocenters. The maximum atomic E-state index is 12.3. The molecule has 9 heteroatoms. The summed E-state index contributed by atoms with van der Waals surface area (Å²) >= 11 is 5.71. The topological polar surface area (TPSA) is 65.4 Å². The van der Waals surface area contributed by atoms with E-state index in [1.807, 2.05) is 0 Å². The molecule has 2 aromatic rings. The van der Waals surface area contributed by atoms with E-state index in [9.17, 15) is 13.6 Å². The predicted molar refractivity (Wildman–Crippen MR) is 80.1 cm³/mol. The summed E-state index contributed by atoms with van der Waals surface area (Å²) in [6, 6.07) is 4.15. The van der Waals surface area contributed by atoms with Crippen molar-refractivity contribution in [1.82, 2.24) is 9.78 Å². The molecule has 1 aromatic carbocycles. The van der Waals surface area contributed by atoms with Gasteiger partial charge in [-0.25, -0.2) is 0 Å². The lowest BCUT2D eigenvalue weighted by atomic mass is 10.2. The van der Waals surface area contributed by atoms with Crippen molar-refractivity contribution in [2.75, 3.05) is 11.9 Å². The predicted octanol–water partition coefficient (Wildman–Crippen LogP) is 3.18. The number of aromatic nitrogens is 2.